The molecule has 32 heavy (non-hydrogen) atoms. The number of aliphatic imine (C=N–C) groups is 1. The number of carbonyl (C=O) groups excluding carboxylic acids is 1. The molecule has 1 aromatic heterocycles. The van der Waals surface area contributed by atoms with Gasteiger partial charge in [-0.15, -0.1) is 0 Å². The maximum Gasteiger partial charge on any atom is 0.232 e. The summed E-state index contributed by atoms with van der Waals surface area (Å²) in [6.45, 7) is 7.32. The number of rotatable bonds is 7. The Bertz CT molecular complexity index is 1090. The van der Waals surface area contributed by atoms with Crippen LogP contribution in [0.1, 0.15) is 63.8 Å². The van der Waals surface area contributed by atoms with Gasteiger partial charge in [0.25, 0.3) is 0 Å². The van der Waals surface area contributed by atoms with Crippen molar-refractivity contribution in [1.82, 2.24) is 15.0 Å². The number of benzene rings is 1. The van der Waals surface area contributed by atoms with Crippen LogP contribution in [0.25, 0.3) is 0 Å². The predicted octanol–water partition coefficient (Wildman–Crippen LogP) is 5.22. The van der Waals surface area contributed by atoms with Crippen LogP contribution in [0.5, 0.6) is 0 Å². The molecule has 0 spiro atoms. The van der Waals surface area contributed by atoms with Crippen molar-refractivity contribution in [3.05, 3.63) is 47.3 Å². The first-order valence-corrected chi connectivity index (χ1v) is 12.2. The van der Waals surface area contributed by atoms with Gasteiger partial charge in [-0.2, -0.15) is 9.97 Å². The summed E-state index contributed by atoms with van der Waals surface area (Å²) < 4.78 is 0. The number of anilines is 1. The smallest absolute Gasteiger partial charge is 0.232 e. The Morgan fingerprint density at radius 1 is 1.06 bits per heavy atom. The third-order valence-electron chi connectivity index (χ3n) is 6.05. The predicted molar refractivity (Wildman–Crippen MR) is 127 cm³/mol. The van der Waals surface area contributed by atoms with Crippen LogP contribution in [0.15, 0.2) is 51.0 Å². The monoisotopic (exact) mass is 447 g/mol. The fourth-order valence-electron chi connectivity index (χ4n) is 3.60. The Balaban J connectivity index is 1.30. The van der Waals surface area contributed by atoms with Gasteiger partial charge in [-0.3, -0.25) is 9.79 Å². The van der Waals surface area contributed by atoms with Crippen molar-refractivity contribution >= 4 is 29.3 Å². The lowest BCUT2D eigenvalue weighted by molar-refractivity contribution is -0.119. The maximum absolute atomic E-state index is 12.1. The standard InChI is InChI=1S/C25H29N5OS/c1-25(2,3)18-13-21(26-14-18)27-23-28-22(17-8-9-17)29-24(30-23)32-19-10-4-15(5-11-19)12-20(31)16-6-7-16/h4-5,10-11,13,16-17H,6-9,12,14H2,1-3H3,(H,26,27,28,29,30). The summed E-state index contributed by atoms with van der Waals surface area (Å²) in [7, 11) is 0. The van der Waals surface area contributed by atoms with Gasteiger partial charge in [0.2, 0.25) is 5.95 Å². The largest absolute Gasteiger partial charge is 0.309 e. The molecule has 0 bridgehead atoms. The molecule has 5 rings (SSSR count). The number of nitrogens with one attached hydrogen (secondary N) is 1. The van der Waals surface area contributed by atoms with Crippen molar-refractivity contribution in [2.45, 2.75) is 68.8 Å². The van der Waals surface area contributed by atoms with E-state index in [0.717, 1.165) is 47.8 Å². The summed E-state index contributed by atoms with van der Waals surface area (Å²) in [5.74, 6) is 3.32. The van der Waals surface area contributed by atoms with Crippen molar-refractivity contribution in [3.63, 3.8) is 0 Å². The molecule has 0 unspecified atom stereocenters. The number of hydrogen-bond donors (Lipinski definition) is 1. The van der Waals surface area contributed by atoms with E-state index in [1.165, 1.54) is 17.3 Å². The van der Waals surface area contributed by atoms with Gasteiger partial charge in [-0.25, -0.2) is 4.98 Å². The molecule has 1 aliphatic heterocycles. The van der Waals surface area contributed by atoms with Crippen molar-refractivity contribution in [1.29, 1.82) is 0 Å². The first kappa shape index (κ1) is 21.3. The van der Waals surface area contributed by atoms with E-state index in [-0.39, 0.29) is 5.41 Å². The normalized spacial score (nSPS) is 18.3. The molecule has 2 fully saturated rings. The molecule has 1 N–H and O–H groups in total. The van der Waals surface area contributed by atoms with E-state index in [1.807, 2.05) is 24.3 Å². The fourth-order valence-corrected chi connectivity index (χ4v) is 4.35. The zero-order valence-electron chi connectivity index (χ0n) is 18.9. The highest BCUT2D eigenvalue weighted by Gasteiger charge is 2.30. The minimum Gasteiger partial charge on any atom is -0.309 e. The van der Waals surface area contributed by atoms with Gasteiger partial charge in [0.1, 0.15) is 17.4 Å². The van der Waals surface area contributed by atoms with Crippen molar-refractivity contribution in [3.8, 4) is 0 Å². The highest BCUT2D eigenvalue weighted by atomic mass is 32.2. The molecular weight excluding hydrogens is 418 g/mol. The summed E-state index contributed by atoms with van der Waals surface area (Å²) >= 11 is 1.53. The average Bonchev–Trinajstić information content (AvgIpc) is 3.66. The zero-order chi connectivity index (χ0) is 22.3. The lowest BCUT2D eigenvalue weighted by Gasteiger charge is -2.18. The van der Waals surface area contributed by atoms with Crippen molar-refractivity contribution in [2.24, 2.45) is 16.3 Å². The quantitative estimate of drug-likeness (QED) is 0.627. The molecule has 1 aromatic carbocycles. The van der Waals surface area contributed by atoms with E-state index in [1.54, 1.807) is 0 Å². The third-order valence-corrected chi connectivity index (χ3v) is 6.93. The number of Topliss-reactive ketones (excluding diaryl/α,β-unsaturated/α-hetero) is 1. The topological polar surface area (TPSA) is 80.1 Å². The Labute approximate surface area is 193 Å². The van der Waals surface area contributed by atoms with Gasteiger partial charge in [0, 0.05) is 23.2 Å². The third kappa shape index (κ3) is 5.26. The van der Waals surface area contributed by atoms with Crippen molar-refractivity contribution < 1.29 is 4.79 Å². The molecule has 0 amide bonds. The van der Waals surface area contributed by atoms with E-state index in [9.17, 15) is 4.79 Å². The minimum absolute atomic E-state index is 0.0989. The molecule has 2 aromatic rings. The molecule has 0 radical (unpaired) electrons. The first-order chi connectivity index (χ1) is 15.3. The second-order valence-electron chi connectivity index (χ2n) is 9.98. The molecule has 0 saturated heterocycles. The first-order valence-electron chi connectivity index (χ1n) is 11.4. The van der Waals surface area contributed by atoms with Crippen LogP contribution in [0.2, 0.25) is 0 Å². The summed E-state index contributed by atoms with van der Waals surface area (Å²) in [5, 5.41) is 3.98. The van der Waals surface area contributed by atoms with Crippen LogP contribution in [-0.2, 0) is 11.2 Å². The van der Waals surface area contributed by atoms with Gasteiger partial charge in [0.05, 0.1) is 6.54 Å². The van der Waals surface area contributed by atoms with E-state index >= 15 is 0 Å². The number of amidine groups is 1. The van der Waals surface area contributed by atoms with Crippen LogP contribution >= 0.6 is 11.8 Å². The van der Waals surface area contributed by atoms with Gasteiger partial charge in [-0.05, 0) is 72.2 Å². The molecule has 2 heterocycles. The van der Waals surface area contributed by atoms with Crippen LogP contribution in [-0.4, -0.2) is 33.1 Å². The molecule has 0 atom stereocenters. The Hall–Kier alpha value is -2.54. The zero-order valence-corrected chi connectivity index (χ0v) is 19.7. The van der Waals surface area contributed by atoms with Gasteiger partial charge in [-0.1, -0.05) is 32.9 Å². The molecule has 2 saturated carbocycles. The highest BCUT2D eigenvalue weighted by Crippen LogP contribution is 2.39. The van der Waals surface area contributed by atoms with Gasteiger partial charge in [0.15, 0.2) is 5.16 Å². The molecule has 166 valence electrons. The molecule has 7 heteroatoms. The van der Waals surface area contributed by atoms with E-state index < -0.39 is 0 Å². The molecule has 3 aliphatic rings. The summed E-state index contributed by atoms with van der Waals surface area (Å²) in [4.78, 5) is 31.8. The van der Waals surface area contributed by atoms with Crippen LogP contribution in [0.4, 0.5) is 5.95 Å². The van der Waals surface area contributed by atoms with E-state index in [4.69, 9.17) is 4.98 Å². The molecule has 6 nitrogen and oxygen atoms in total. The number of hydrogen-bond acceptors (Lipinski definition) is 7. The summed E-state index contributed by atoms with van der Waals surface area (Å²) in [5.41, 5.74) is 2.47. The second-order valence-corrected chi connectivity index (χ2v) is 11.0. The summed E-state index contributed by atoms with van der Waals surface area (Å²) in [6.07, 6.45) is 7.03. The number of aromatic nitrogens is 3. The number of nitrogens with zero attached hydrogens (tertiary/aromatic N) is 4. The fraction of sp³-hybridized carbons (Fsp3) is 0.480. The number of carbonyl (C=O) groups is 1. The summed E-state index contributed by atoms with van der Waals surface area (Å²) in [6, 6.07) is 8.17. The van der Waals surface area contributed by atoms with Crippen LogP contribution in [0, 0.1) is 11.3 Å². The average molecular weight is 448 g/mol. The van der Waals surface area contributed by atoms with E-state index in [2.05, 4.69) is 47.1 Å². The van der Waals surface area contributed by atoms with Gasteiger partial charge >= 0.3 is 0 Å². The minimum atomic E-state index is 0.0989. The van der Waals surface area contributed by atoms with Crippen LogP contribution < -0.4 is 5.32 Å². The second kappa shape index (κ2) is 8.43. The lowest BCUT2D eigenvalue weighted by atomic mass is 9.87. The van der Waals surface area contributed by atoms with Crippen molar-refractivity contribution in [2.75, 3.05) is 11.9 Å². The SMILES string of the molecule is CC(C)(C)C1=CC(Nc2nc(Sc3ccc(CC(=O)C4CC4)cc3)nc(C3CC3)n2)=NC1. The Morgan fingerprint density at radius 2 is 1.81 bits per heavy atom. The highest BCUT2D eigenvalue weighted by molar-refractivity contribution is 7.99. The number of ketones is 1. The molecule has 2 aliphatic carbocycles. The Kier molecular flexibility index (Phi) is 5.61. The molecular formula is C25H29N5OS. The lowest BCUT2D eigenvalue weighted by Crippen LogP contribution is -2.13. The van der Waals surface area contributed by atoms with Gasteiger partial charge < -0.3 is 5.32 Å². The maximum atomic E-state index is 12.1. The van der Waals surface area contributed by atoms with Crippen LogP contribution in [0.3, 0.4) is 0 Å². The Morgan fingerprint density at radius 3 is 2.44 bits per heavy atom. The van der Waals surface area contributed by atoms with E-state index in [0.29, 0.717) is 41.7 Å².